The van der Waals surface area contributed by atoms with E-state index >= 15 is 0 Å². The van der Waals surface area contributed by atoms with E-state index in [1.54, 1.807) is 0 Å². The normalized spacial score (nSPS) is 23.1. The molecule has 3 aliphatic heterocycles. The van der Waals surface area contributed by atoms with Crippen molar-refractivity contribution in [2.45, 2.75) is 13.1 Å². The number of aliphatic imine (C=N–C) groups is 3. The van der Waals surface area contributed by atoms with E-state index in [9.17, 15) is 0 Å². The van der Waals surface area contributed by atoms with Crippen LogP contribution in [0.1, 0.15) is 18.7 Å². The zero-order valence-electron chi connectivity index (χ0n) is 11.0. The van der Waals surface area contributed by atoms with Gasteiger partial charge in [-0.3, -0.25) is 0 Å². The summed E-state index contributed by atoms with van der Waals surface area (Å²) in [6.45, 7) is 1.93. The summed E-state index contributed by atoms with van der Waals surface area (Å²) in [7, 11) is 0. The highest BCUT2D eigenvalue weighted by molar-refractivity contribution is 6.13. The molecule has 0 saturated carbocycles. The molecule has 1 aromatic rings. The van der Waals surface area contributed by atoms with Crippen LogP contribution in [0.25, 0.3) is 0 Å². The smallest absolute Gasteiger partial charge is 0.236 e. The molecule has 0 spiro atoms. The standard InChI is InChI=1S/C15H13N5/c1-10-16-12-8-5-9-13-18-14(11-6-3-2-4-7-11)19-15(17-10)20(12)13/h2-9,14H,1H3,(H,16,17,19). The van der Waals surface area contributed by atoms with E-state index in [1.807, 2.05) is 60.4 Å². The summed E-state index contributed by atoms with van der Waals surface area (Å²) in [5.74, 6) is 3.35. The summed E-state index contributed by atoms with van der Waals surface area (Å²) in [6.07, 6.45) is 5.74. The molecule has 0 aliphatic carbocycles. The number of nitrogens with zero attached hydrogens (tertiary/aromatic N) is 4. The molecule has 3 heterocycles. The third kappa shape index (κ3) is 1.67. The Balaban J connectivity index is 1.84. The third-order valence-corrected chi connectivity index (χ3v) is 3.34. The first-order chi connectivity index (χ1) is 9.81. The molecule has 1 atom stereocenters. The van der Waals surface area contributed by atoms with Crippen molar-refractivity contribution >= 4 is 17.6 Å². The molecular formula is C15H13N5. The summed E-state index contributed by atoms with van der Waals surface area (Å²) in [4.78, 5) is 15.8. The van der Waals surface area contributed by atoms with E-state index < -0.39 is 0 Å². The monoisotopic (exact) mass is 263 g/mol. The van der Waals surface area contributed by atoms with Gasteiger partial charge in [0.2, 0.25) is 5.96 Å². The van der Waals surface area contributed by atoms with Gasteiger partial charge in [0.05, 0.1) is 0 Å². The number of rotatable bonds is 1. The summed E-state index contributed by atoms with van der Waals surface area (Å²) in [5, 5.41) is 3.23. The van der Waals surface area contributed by atoms with Crippen molar-refractivity contribution in [2.24, 2.45) is 15.0 Å². The van der Waals surface area contributed by atoms with Crippen molar-refractivity contribution in [3.8, 4) is 0 Å². The van der Waals surface area contributed by atoms with Gasteiger partial charge >= 0.3 is 0 Å². The lowest BCUT2D eigenvalue weighted by molar-refractivity contribution is 0.609. The average Bonchev–Trinajstić information content (AvgIpc) is 2.48. The Kier molecular flexibility index (Phi) is 2.32. The molecule has 3 aliphatic rings. The molecule has 98 valence electrons. The van der Waals surface area contributed by atoms with Crippen LogP contribution in [0.5, 0.6) is 0 Å². The lowest BCUT2D eigenvalue weighted by Gasteiger charge is -2.35. The lowest BCUT2D eigenvalue weighted by atomic mass is 10.1. The molecule has 0 amide bonds. The van der Waals surface area contributed by atoms with Gasteiger partial charge in [0.1, 0.15) is 17.5 Å². The van der Waals surface area contributed by atoms with Gasteiger partial charge in [-0.25, -0.2) is 14.9 Å². The van der Waals surface area contributed by atoms with Crippen molar-refractivity contribution < 1.29 is 0 Å². The lowest BCUT2D eigenvalue weighted by Crippen LogP contribution is -2.48. The Morgan fingerprint density at radius 1 is 1.15 bits per heavy atom. The minimum absolute atomic E-state index is 0.226. The highest BCUT2D eigenvalue weighted by Gasteiger charge is 2.31. The number of nitrogens with one attached hydrogen (secondary N) is 1. The fourth-order valence-electron chi connectivity index (χ4n) is 2.44. The van der Waals surface area contributed by atoms with E-state index in [0.717, 1.165) is 23.1 Å². The topological polar surface area (TPSA) is 52.4 Å². The Morgan fingerprint density at radius 2 is 2.00 bits per heavy atom. The Bertz CT molecular complexity index is 709. The van der Waals surface area contributed by atoms with Gasteiger partial charge in [-0.15, -0.1) is 0 Å². The minimum atomic E-state index is -0.226. The van der Waals surface area contributed by atoms with Crippen LogP contribution in [0.15, 0.2) is 69.4 Å². The quantitative estimate of drug-likeness (QED) is 0.844. The minimum Gasteiger partial charge on any atom is -0.330 e. The molecule has 0 radical (unpaired) electrons. The van der Waals surface area contributed by atoms with Gasteiger partial charge in [0.15, 0.2) is 6.17 Å². The summed E-state index contributed by atoms with van der Waals surface area (Å²) in [5.41, 5.74) is 1.07. The highest BCUT2D eigenvalue weighted by Crippen LogP contribution is 2.28. The molecule has 5 heteroatoms. The maximum Gasteiger partial charge on any atom is 0.236 e. The van der Waals surface area contributed by atoms with Crippen molar-refractivity contribution in [1.29, 1.82) is 0 Å². The molecule has 0 saturated heterocycles. The van der Waals surface area contributed by atoms with E-state index in [1.165, 1.54) is 0 Å². The van der Waals surface area contributed by atoms with Gasteiger partial charge in [0.25, 0.3) is 0 Å². The first kappa shape index (κ1) is 11.2. The molecule has 4 rings (SSSR count). The molecule has 20 heavy (non-hydrogen) atoms. The average molecular weight is 263 g/mol. The Hall–Kier alpha value is -2.69. The van der Waals surface area contributed by atoms with Crippen molar-refractivity contribution in [1.82, 2.24) is 10.2 Å². The predicted molar refractivity (Wildman–Crippen MR) is 79.4 cm³/mol. The zero-order chi connectivity index (χ0) is 13.5. The van der Waals surface area contributed by atoms with Gasteiger partial charge in [-0.05, 0) is 24.6 Å². The van der Waals surface area contributed by atoms with Crippen LogP contribution in [0, 0.1) is 0 Å². The molecule has 1 aromatic carbocycles. The van der Waals surface area contributed by atoms with Crippen molar-refractivity contribution in [3.05, 3.63) is 59.9 Å². The highest BCUT2D eigenvalue weighted by atomic mass is 15.4. The van der Waals surface area contributed by atoms with Crippen LogP contribution in [0.4, 0.5) is 0 Å². The number of benzene rings is 1. The second-order valence-corrected chi connectivity index (χ2v) is 4.77. The van der Waals surface area contributed by atoms with Crippen LogP contribution in [0.3, 0.4) is 0 Å². The SMILES string of the molecule is CC1=NC2=NC(c3ccccc3)N=C3C=CC=C(N1)N32. The molecule has 0 aromatic heterocycles. The van der Waals surface area contributed by atoms with Gasteiger partial charge in [0, 0.05) is 0 Å². The van der Waals surface area contributed by atoms with E-state index in [0.29, 0.717) is 5.96 Å². The van der Waals surface area contributed by atoms with Gasteiger partial charge in [-0.1, -0.05) is 36.4 Å². The Labute approximate surface area is 116 Å². The molecule has 5 nitrogen and oxygen atoms in total. The van der Waals surface area contributed by atoms with Crippen LogP contribution in [-0.4, -0.2) is 22.5 Å². The summed E-state index contributed by atoms with van der Waals surface area (Å²) in [6, 6.07) is 10.1. The summed E-state index contributed by atoms with van der Waals surface area (Å²) >= 11 is 0. The predicted octanol–water partition coefficient (Wildman–Crippen LogP) is 2.19. The Morgan fingerprint density at radius 3 is 2.85 bits per heavy atom. The third-order valence-electron chi connectivity index (χ3n) is 3.34. The molecule has 0 bridgehead atoms. The maximum atomic E-state index is 4.70. The number of hydrogen-bond acceptors (Lipinski definition) is 5. The van der Waals surface area contributed by atoms with E-state index in [2.05, 4.69) is 15.3 Å². The second kappa shape index (κ2) is 4.16. The second-order valence-electron chi connectivity index (χ2n) is 4.77. The molecule has 1 unspecified atom stereocenters. The zero-order valence-corrected chi connectivity index (χ0v) is 11.0. The van der Waals surface area contributed by atoms with E-state index in [4.69, 9.17) is 4.99 Å². The van der Waals surface area contributed by atoms with Crippen LogP contribution >= 0.6 is 0 Å². The number of amidine groups is 2. The fourth-order valence-corrected chi connectivity index (χ4v) is 2.44. The van der Waals surface area contributed by atoms with Crippen LogP contribution < -0.4 is 5.32 Å². The van der Waals surface area contributed by atoms with E-state index in [-0.39, 0.29) is 6.17 Å². The number of guanidine groups is 1. The largest absolute Gasteiger partial charge is 0.330 e. The van der Waals surface area contributed by atoms with Crippen LogP contribution in [-0.2, 0) is 0 Å². The first-order valence-corrected chi connectivity index (χ1v) is 6.53. The molecular weight excluding hydrogens is 250 g/mol. The fraction of sp³-hybridized carbons (Fsp3) is 0.133. The van der Waals surface area contributed by atoms with Crippen molar-refractivity contribution in [3.63, 3.8) is 0 Å². The van der Waals surface area contributed by atoms with Gasteiger partial charge in [-0.2, -0.15) is 4.99 Å². The molecule has 1 N–H and O–H groups in total. The maximum absolute atomic E-state index is 4.70. The van der Waals surface area contributed by atoms with Crippen LogP contribution in [0.2, 0.25) is 0 Å². The number of allylic oxidation sites excluding steroid dienone is 2. The molecule has 0 fully saturated rings. The summed E-state index contributed by atoms with van der Waals surface area (Å²) < 4.78 is 0. The number of hydrogen-bond donors (Lipinski definition) is 1. The van der Waals surface area contributed by atoms with Crippen molar-refractivity contribution in [2.75, 3.05) is 0 Å². The van der Waals surface area contributed by atoms with Gasteiger partial charge < -0.3 is 5.32 Å². The first-order valence-electron chi connectivity index (χ1n) is 6.53.